The lowest BCUT2D eigenvalue weighted by Gasteiger charge is -2.20. The summed E-state index contributed by atoms with van der Waals surface area (Å²) < 4.78 is 12.9. The van der Waals surface area contributed by atoms with Gasteiger partial charge in [-0.15, -0.1) is 0 Å². The van der Waals surface area contributed by atoms with Gasteiger partial charge in [0.15, 0.2) is 0 Å². The molecule has 1 fully saturated rings. The lowest BCUT2D eigenvalue weighted by atomic mass is 9.99. The molecule has 0 spiro atoms. The van der Waals surface area contributed by atoms with Gasteiger partial charge in [-0.25, -0.2) is 4.39 Å². The zero-order chi connectivity index (χ0) is 13.1. The van der Waals surface area contributed by atoms with Crippen molar-refractivity contribution < 1.29 is 9.18 Å². The van der Waals surface area contributed by atoms with E-state index < -0.39 is 5.82 Å². The number of carbonyl (C=O) groups is 1. The molecule has 0 bridgehead atoms. The van der Waals surface area contributed by atoms with Crippen LogP contribution in [-0.4, -0.2) is 11.9 Å². The molecule has 0 unspecified atom stereocenters. The summed E-state index contributed by atoms with van der Waals surface area (Å²) in [6, 6.07) is 4.01. The highest BCUT2D eigenvalue weighted by molar-refractivity contribution is 5.99. The number of halogens is 1. The largest absolute Gasteiger partial charge is 0.398 e. The molecule has 0 radical (unpaired) electrons. The van der Waals surface area contributed by atoms with E-state index in [0.717, 1.165) is 0 Å². The molecule has 4 heteroatoms. The first-order valence-electron chi connectivity index (χ1n) is 6.44. The van der Waals surface area contributed by atoms with Crippen LogP contribution < -0.4 is 11.1 Å². The zero-order valence-electron chi connectivity index (χ0n) is 10.6. The van der Waals surface area contributed by atoms with Crippen LogP contribution in [0.2, 0.25) is 0 Å². The van der Waals surface area contributed by atoms with Gasteiger partial charge in [0.1, 0.15) is 5.82 Å². The van der Waals surface area contributed by atoms with Gasteiger partial charge in [-0.1, -0.05) is 12.8 Å². The summed E-state index contributed by atoms with van der Waals surface area (Å²) in [5, 5.41) is 2.96. The van der Waals surface area contributed by atoms with E-state index in [1.165, 1.54) is 43.9 Å². The van der Waals surface area contributed by atoms with Crippen molar-refractivity contribution in [2.45, 2.75) is 38.6 Å². The molecule has 0 aromatic heterocycles. The first kappa shape index (κ1) is 12.9. The van der Waals surface area contributed by atoms with Crippen LogP contribution in [0.15, 0.2) is 18.2 Å². The number of nitrogen functional groups attached to an aromatic ring is 1. The van der Waals surface area contributed by atoms with Crippen LogP contribution in [-0.2, 0) is 0 Å². The molecule has 1 saturated carbocycles. The molecule has 1 atom stereocenters. The maximum Gasteiger partial charge on any atom is 0.253 e. The van der Waals surface area contributed by atoms with Crippen LogP contribution in [0.4, 0.5) is 10.1 Å². The molecular formula is C14H19FN2O. The van der Waals surface area contributed by atoms with E-state index in [4.69, 9.17) is 5.73 Å². The van der Waals surface area contributed by atoms with Crippen LogP contribution in [0, 0.1) is 11.7 Å². The molecule has 0 aliphatic heterocycles. The molecule has 18 heavy (non-hydrogen) atoms. The van der Waals surface area contributed by atoms with Crippen molar-refractivity contribution in [2.24, 2.45) is 5.92 Å². The minimum atomic E-state index is -0.423. The van der Waals surface area contributed by atoms with Crippen molar-refractivity contribution in [3.05, 3.63) is 29.6 Å². The second kappa shape index (κ2) is 5.38. The molecule has 1 aliphatic carbocycles. The minimum Gasteiger partial charge on any atom is -0.398 e. The first-order valence-corrected chi connectivity index (χ1v) is 6.44. The average molecular weight is 250 g/mol. The Labute approximate surface area is 107 Å². The van der Waals surface area contributed by atoms with E-state index in [-0.39, 0.29) is 17.6 Å². The van der Waals surface area contributed by atoms with E-state index in [1.807, 2.05) is 6.92 Å². The van der Waals surface area contributed by atoms with Gasteiger partial charge in [-0.05, 0) is 43.9 Å². The van der Waals surface area contributed by atoms with Gasteiger partial charge in [-0.3, -0.25) is 4.79 Å². The summed E-state index contributed by atoms with van der Waals surface area (Å²) in [5.41, 5.74) is 6.19. The number of amides is 1. The minimum absolute atomic E-state index is 0.143. The van der Waals surface area contributed by atoms with E-state index in [9.17, 15) is 9.18 Å². The number of nitrogens with one attached hydrogen (secondary N) is 1. The van der Waals surface area contributed by atoms with Crippen molar-refractivity contribution in [2.75, 3.05) is 5.73 Å². The summed E-state index contributed by atoms with van der Waals surface area (Å²) in [6.45, 7) is 2.02. The Balaban J connectivity index is 2.02. The second-order valence-corrected chi connectivity index (χ2v) is 5.04. The molecule has 1 aromatic rings. The topological polar surface area (TPSA) is 55.1 Å². The Morgan fingerprint density at radius 3 is 2.72 bits per heavy atom. The van der Waals surface area contributed by atoms with Crippen LogP contribution in [0.25, 0.3) is 0 Å². The molecule has 1 aliphatic rings. The van der Waals surface area contributed by atoms with Gasteiger partial charge in [0.05, 0.1) is 5.56 Å². The second-order valence-electron chi connectivity index (χ2n) is 5.04. The van der Waals surface area contributed by atoms with Gasteiger partial charge >= 0.3 is 0 Å². The number of benzene rings is 1. The van der Waals surface area contributed by atoms with Crippen LogP contribution in [0.5, 0.6) is 0 Å². The fraction of sp³-hybridized carbons (Fsp3) is 0.500. The quantitative estimate of drug-likeness (QED) is 0.810. The smallest absolute Gasteiger partial charge is 0.253 e. The fourth-order valence-corrected chi connectivity index (χ4v) is 2.60. The van der Waals surface area contributed by atoms with Crippen LogP contribution in [0.3, 0.4) is 0 Å². The van der Waals surface area contributed by atoms with Crippen molar-refractivity contribution in [1.29, 1.82) is 0 Å². The third kappa shape index (κ3) is 2.81. The van der Waals surface area contributed by atoms with E-state index >= 15 is 0 Å². The van der Waals surface area contributed by atoms with Gasteiger partial charge in [0, 0.05) is 11.7 Å². The summed E-state index contributed by atoms with van der Waals surface area (Å²) in [7, 11) is 0. The van der Waals surface area contributed by atoms with Crippen molar-refractivity contribution in [3.63, 3.8) is 0 Å². The van der Waals surface area contributed by atoms with Gasteiger partial charge in [0.2, 0.25) is 0 Å². The lowest BCUT2D eigenvalue weighted by Crippen LogP contribution is -2.37. The third-order valence-electron chi connectivity index (χ3n) is 3.72. The monoisotopic (exact) mass is 250 g/mol. The first-order chi connectivity index (χ1) is 8.58. The van der Waals surface area contributed by atoms with Gasteiger partial charge in [-0.2, -0.15) is 0 Å². The Kier molecular flexibility index (Phi) is 3.84. The van der Waals surface area contributed by atoms with E-state index in [1.54, 1.807) is 0 Å². The van der Waals surface area contributed by atoms with E-state index in [0.29, 0.717) is 11.5 Å². The van der Waals surface area contributed by atoms with Gasteiger partial charge < -0.3 is 11.1 Å². The fourth-order valence-electron chi connectivity index (χ4n) is 2.60. The SMILES string of the molecule is C[C@H](NC(=O)c1ccc(F)cc1N)C1CCCC1. The Hall–Kier alpha value is -1.58. The van der Waals surface area contributed by atoms with Gasteiger partial charge in [0.25, 0.3) is 5.91 Å². The summed E-state index contributed by atoms with van der Waals surface area (Å²) >= 11 is 0. The molecule has 0 heterocycles. The van der Waals surface area contributed by atoms with Crippen LogP contribution in [0.1, 0.15) is 43.0 Å². The zero-order valence-corrected chi connectivity index (χ0v) is 10.6. The molecular weight excluding hydrogens is 231 g/mol. The highest BCUT2D eigenvalue weighted by atomic mass is 19.1. The number of rotatable bonds is 3. The molecule has 98 valence electrons. The molecule has 1 amide bonds. The summed E-state index contributed by atoms with van der Waals surface area (Å²) in [5.74, 6) is -0.0876. The number of nitrogens with two attached hydrogens (primary N) is 1. The third-order valence-corrected chi connectivity index (χ3v) is 3.72. The number of anilines is 1. The average Bonchev–Trinajstić information content (AvgIpc) is 2.81. The molecule has 0 saturated heterocycles. The molecule has 2 rings (SSSR count). The highest BCUT2D eigenvalue weighted by Gasteiger charge is 2.23. The Bertz CT molecular complexity index is 441. The van der Waals surface area contributed by atoms with Crippen molar-refractivity contribution in [1.82, 2.24) is 5.32 Å². The lowest BCUT2D eigenvalue weighted by molar-refractivity contribution is 0.0928. The number of hydrogen-bond acceptors (Lipinski definition) is 2. The summed E-state index contributed by atoms with van der Waals surface area (Å²) in [4.78, 5) is 12.0. The van der Waals surface area contributed by atoms with Crippen LogP contribution >= 0.6 is 0 Å². The molecule has 1 aromatic carbocycles. The van der Waals surface area contributed by atoms with E-state index in [2.05, 4.69) is 5.32 Å². The summed E-state index contributed by atoms with van der Waals surface area (Å²) in [6.07, 6.45) is 4.81. The normalized spacial score (nSPS) is 17.7. The molecule has 3 N–H and O–H groups in total. The maximum absolute atomic E-state index is 12.9. The standard InChI is InChI=1S/C14H19FN2O/c1-9(10-4-2-3-5-10)17-14(18)12-7-6-11(15)8-13(12)16/h6-10H,2-5,16H2,1H3,(H,17,18)/t9-/m0/s1. The predicted octanol–water partition coefficient (Wildman–Crippen LogP) is 2.72. The highest BCUT2D eigenvalue weighted by Crippen LogP contribution is 2.27. The Morgan fingerprint density at radius 1 is 1.44 bits per heavy atom. The predicted molar refractivity (Wildman–Crippen MR) is 69.7 cm³/mol. The van der Waals surface area contributed by atoms with Crippen molar-refractivity contribution in [3.8, 4) is 0 Å². The Morgan fingerprint density at radius 2 is 2.11 bits per heavy atom. The number of carbonyl (C=O) groups excluding carboxylic acids is 1. The molecule has 3 nitrogen and oxygen atoms in total. The van der Waals surface area contributed by atoms with Crippen molar-refractivity contribution >= 4 is 11.6 Å². The maximum atomic E-state index is 12.9. The number of hydrogen-bond donors (Lipinski definition) is 2.